The molecule has 0 fully saturated rings. The number of aromatic amines is 1. The molecule has 1 heterocycles. The van der Waals surface area contributed by atoms with Crippen LogP contribution in [-0.4, -0.2) is 25.9 Å². The fraction of sp³-hybridized carbons (Fsp3) is 0.643. The summed E-state index contributed by atoms with van der Waals surface area (Å²) in [5, 5.41) is 2.76. The topological polar surface area (TPSA) is 79.0 Å². The Morgan fingerprint density at radius 1 is 1.29 bits per heavy atom. The molecule has 1 aromatic heterocycles. The monoisotopic (exact) mass is 334 g/mol. The Labute approximate surface area is 130 Å². The second-order valence-electron chi connectivity index (χ2n) is 5.54. The molecule has 21 heavy (non-hydrogen) atoms. The maximum absolute atomic E-state index is 11.8. The third kappa shape index (κ3) is 7.00. The molecule has 0 aromatic carbocycles. The van der Waals surface area contributed by atoms with Crippen LogP contribution in [0.15, 0.2) is 17.2 Å². The first-order chi connectivity index (χ1) is 9.80. The molecule has 2 N–H and O–H groups in total. The molecule has 0 radical (unpaired) electrons. The lowest BCUT2D eigenvalue weighted by Crippen LogP contribution is -2.24. The van der Waals surface area contributed by atoms with Crippen LogP contribution >= 0.6 is 10.7 Å². The number of aromatic nitrogens is 1. The van der Waals surface area contributed by atoms with Gasteiger partial charge in [0.05, 0.1) is 0 Å². The molecule has 1 amide bonds. The molecule has 5 nitrogen and oxygen atoms in total. The molecule has 0 unspecified atom stereocenters. The van der Waals surface area contributed by atoms with Gasteiger partial charge in [-0.3, -0.25) is 4.79 Å². The summed E-state index contributed by atoms with van der Waals surface area (Å²) in [7, 11) is 1.40. The summed E-state index contributed by atoms with van der Waals surface area (Å²) in [4.78, 5) is 14.3. The number of hydrogen-bond acceptors (Lipinski definition) is 3. The Bertz CT molecular complexity index is 552. The molecular formula is C14H23ClN2O3S. The van der Waals surface area contributed by atoms with E-state index in [4.69, 9.17) is 10.7 Å². The Kier molecular flexibility index (Phi) is 7.25. The predicted molar refractivity (Wildman–Crippen MR) is 84.1 cm³/mol. The van der Waals surface area contributed by atoms with Crippen molar-refractivity contribution in [2.45, 2.75) is 50.8 Å². The van der Waals surface area contributed by atoms with Crippen molar-refractivity contribution in [1.82, 2.24) is 10.3 Å². The van der Waals surface area contributed by atoms with Crippen molar-refractivity contribution in [2.24, 2.45) is 5.92 Å². The summed E-state index contributed by atoms with van der Waals surface area (Å²) in [6.07, 6.45) is 6.85. The van der Waals surface area contributed by atoms with Crippen LogP contribution in [0.1, 0.15) is 56.4 Å². The number of nitrogens with one attached hydrogen (secondary N) is 2. The van der Waals surface area contributed by atoms with E-state index in [9.17, 15) is 13.2 Å². The summed E-state index contributed by atoms with van der Waals surface area (Å²) in [6.45, 7) is 5.01. The second-order valence-corrected chi connectivity index (χ2v) is 8.11. The van der Waals surface area contributed by atoms with Crippen molar-refractivity contribution in [1.29, 1.82) is 0 Å². The third-order valence-electron chi connectivity index (χ3n) is 3.18. The van der Waals surface area contributed by atoms with Gasteiger partial charge >= 0.3 is 0 Å². The number of unbranched alkanes of at least 4 members (excludes halogenated alkanes) is 3. The van der Waals surface area contributed by atoms with Gasteiger partial charge in [0, 0.05) is 23.4 Å². The number of halogens is 1. The maximum Gasteiger partial charge on any atom is 0.267 e. The van der Waals surface area contributed by atoms with Crippen LogP contribution < -0.4 is 5.32 Å². The molecule has 1 rings (SSSR count). The van der Waals surface area contributed by atoms with Gasteiger partial charge in [-0.2, -0.15) is 0 Å². The Morgan fingerprint density at radius 2 is 1.95 bits per heavy atom. The molecule has 0 saturated heterocycles. The van der Waals surface area contributed by atoms with E-state index in [1.165, 1.54) is 31.5 Å². The third-order valence-corrected chi connectivity index (χ3v) is 4.51. The molecule has 0 spiro atoms. The first-order valence-corrected chi connectivity index (χ1v) is 9.53. The average molecular weight is 335 g/mol. The van der Waals surface area contributed by atoms with Gasteiger partial charge in [-0.1, -0.05) is 39.5 Å². The minimum Gasteiger partial charge on any atom is -0.356 e. The highest BCUT2D eigenvalue weighted by atomic mass is 35.7. The van der Waals surface area contributed by atoms with E-state index in [0.717, 1.165) is 18.8 Å². The van der Waals surface area contributed by atoms with Gasteiger partial charge in [0.2, 0.25) is 0 Å². The largest absolute Gasteiger partial charge is 0.356 e. The van der Waals surface area contributed by atoms with Crippen molar-refractivity contribution >= 4 is 25.6 Å². The predicted octanol–water partition coefficient (Wildman–Crippen LogP) is 3.28. The molecule has 0 aliphatic heterocycles. The van der Waals surface area contributed by atoms with Crippen LogP contribution in [0.3, 0.4) is 0 Å². The van der Waals surface area contributed by atoms with E-state index in [0.29, 0.717) is 6.54 Å². The van der Waals surface area contributed by atoms with Gasteiger partial charge in [-0.25, -0.2) is 8.42 Å². The Morgan fingerprint density at radius 3 is 2.52 bits per heavy atom. The lowest BCUT2D eigenvalue weighted by atomic mass is 10.0. The SMILES string of the molecule is CC(C)CCCCCCNC(=O)c1cc(S(=O)(=O)Cl)c[nH]1. The van der Waals surface area contributed by atoms with Crippen LogP contribution in [0.2, 0.25) is 0 Å². The highest BCUT2D eigenvalue weighted by molar-refractivity contribution is 8.13. The maximum atomic E-state index is 11.8. The fourth-order valence-electron chi connectivity index (χ4n) is 1.97. The molecule has 1 aromatic rings. The highest BCUT2D eigenvalue weighted by Gasteiger charge is 2.15. The van der Waals surface area contributed by atoms with Crippen LogP contribution in [0.5, 0.6) is 0 Å². The lowest BCUT2D eigenvalue weighted by Gasteiger charge is -2.05. The van der Waals surface area contributed by atoms with Gasteiger partial charge < -0.3 is 10.3 Å². The summed E-state index contributed by atoms with van der Waals surface area (Å²) in [5.74, 6) is 0.425. The summed E-state index contributed by atoms with van der Waals surface area (Å²) >= 11 is 0. The Balaban J connectivity index is 2.24. The first kappa shape index (κ1) is 18.0. The summed E-state index contributed by atoms with van der Waals surface area (Å²) in [5.41, 5.74) is 0.203. The van der Waals surface area contributed by atoms with Gasteiger partial charge in [0.1, 0.15) is 10.6 Å². The molecular weight excluding hydrogens is 312 g/mol. The van der Waals surface area contributed by atoms with Crippen molar-refractivity contribution in [3.05, 3.63) is 18.0 Å². The molecule has 7 heteroatoms. The van der Waals surface area contributed by atoms with Crippen molar-refractivity contribution < 1.29 is 13.2 Å². The van der Waals surface area contributed by atoms with E-state index in [2.05, 4.69) is 24.1 Å². The molecule has 0 saturated carbocycles. The summed E-state index contributed by atoms with van der Waals surface area (Å²) in [6, 6.07) is 1.24. The highest BCUT2D eigenvalue weighted by Crippen LogP contribution is 2.15. The average Bonchev–Trinajstić information content (AvgIpc) is 2.86. The van der Waals surface area contributed by atoms with Crippen molar-refractivity contribution in [3.8, 4) is 0 Å². The van der Waals surface area contributed by atoms with Crippen molar-refractivity contribution in [3.63, 3.8) is 0 Å². The van der Waals surface area contributed by atoms with Crippen LogP contribution in [0.25, 0.3) is 0 Å². The number of rotatable bonds is 9. The number of carbonyl (C=O) groups excluding carboxylic acids is 1. The molecule has 0 aliphatic rings. The van der Waals surface area contributed by atoms with Gasteiger partial charge in [-0.15, -0.1) is 0 Å². The van der Waals surface area contributed by atoms with E-state index in [1.54, 1.807) is 0 Å². The van der Waals surface area contributed by atoms with Crippen molar-refractivity contribution in [2.75, 3.05) is 6.54 Å². The smallest absolute Gasteiger partial charge is 0.267 e. The van der Waals surface area contributed by atoms with E-state index in [1.807, 2.05) is 0 Å². The quantitative estimate of drug-likeness (QED) is 0.537. The number of carbonyl (C=O) groups is 1. The zero-order chi connectivity index (χ0) is 15.9. The minimum absolute atomic E-state index is 0.0944. The molecule has 120 valence electrons. The minimum atomic E-state index is -3.80. The van der Waals surface area contributed by atoms with E-state index >= 15 is 0 Å². The number of amides is 1. The second kappa shape index (κ2) is 8.44. The van der Waals surface area contributed by atoms with E-state index in [-0.39, 0.29) is 16.5 Å². The zero-order valence-electron chi connectivity index (χ0n) is 12.5. The van der Waals surface area contributed by atoms with Gasteiger partial charge in [0.25, 0.3) is 15.0 Å². The standard InChI is InChI=1S/C14H23ClN2O3S/c1-11(2)7-5-3-4-6-8-16-14(18)13-9-12(10-17-13)21(15,19)20/h9-11,17H,3-8H2,1-2H3,(H,16,18). The molecule has 0 atom stereocenters. The molecule has 0 bridgehead atoms. The Hall–Kier alpha value is -1.01. The van der Waals surface area contributed by atoms with Crippen LogP contribution in [0.4, 0.5) is 0 Å². The number of hydrogen-bond donors (Lipinski definition) is 2. The fourth-order valence-corrected chi connectivity index (χ4v) is 2.70. The normalized spacial score (nSPS) is 11.8. The lowest BCUT2D eigenvalue weighted by molar-refractivity contribution is 0.0948. The van der Waals surface area contributed by atoms with Crippen LogP contribution in [-0.2, 0) is 9.05 Å². The van der Waals surface area contributed by atoms with E-state index < -0.39 is 9.05 Å². The number of H-pyrrole nitrogens is 1. The first-order valence-electron chi connectivity index (χ1n) is 7.22. The molecule has 0 aliphatic carbocycles. The van der Waals surface area contributed by atoms with Gasteiger partial charge in [-0.05, 0) is 18.4 Å². The summed E-state index contributed by atoms with van der Waals surface area (Å²) < 4.78 is 22.2. The zero-order valence-corrected chi connectivity index (χ0v) is 14.1. The van der Waals surface area contributed by atoms with Gasteiger partial charge in [0.15, 0.2) is 0 Å². The van der Waals surface area contributed by atoms with Crippen LogP contribution in [0, 0.1) is 5.92 Å².